The standard InChI is InChI=1S/C18H22N4O4/c1-11(2)22-16(9-10-19-22)21-17(24)12(3)26-18(25)14-5-7-15(8-6-14)20-13(4)23/h5-12H,1-4H3,(H,20,23)(H,21,24)/t12-/m0/s1. The van der Waals surface area contributed by atoms with Crippen LogP contribution < -0.4 is 10.6 Å². The molecule has 0 aliphatic rings. The Bertz CT molecular complexity index is 796. The van der Waals surface area contributed by atoms with Gasteiger partial charge in [0.05, 0.1) is 11.8 Å². The smallest absolute Gasteiger partial charge is 0.338 e. The number of carbonyl (C=O) groups is 3. The summed E-state index contributed by atoms with van der Waals surface area (Å²) in [5.74, 6) is -0.742. The zero-order chi connectivity index (χ0) is 19.3. The van der Waals surface area contributed by atoms with Gasteiger partial charge in [-0.05, 0) is 45.0 Å². The minimum atomic E-state index is -0.979. The molecule has 1 aromatic heterocycles. The predicted octanol–water partition coefficient (Wildman–Crippen LogP) is 2.61. The van der Waals surface area contributed by atoms with Crippen LogP contribution in [0.4, 0.5) is 11.5 Å². The van der Waals surface area contributed by atoms with Crippen molar-refractivity contribution < 1.29 is 19.1 Å². The second-order valence-corrected chi connectivity index (χ2v) is 6.05. The van der Waals surface area contributed by atoms with E-state index in [4.69, 9.17) is 4.74 Å². The molecule has 2 N–H and O–H groups in total. The van der Waals surface area contributed by atoms with Crippen LogP contribution in [0.2, 0.25) is 0 Å². The maximum Gasteiger partial charge on any atom is 0.338 e. The number of anilines is 2. The maximum atomic E-state index is 12.3. The van der Waals surface area contributed by atoms with E-state index in [2.05, 4.69) is 15.7 Å². The van der Waals surface area contributed by atoms with Gasteiger partial charge in [-0.2, -0.15) is 5.10 Å². The first kappa shape index (κ1) is 19.2. The van der Waals surface area contributed by atoms with E-state index in [1.807, 2.05) is 13.8 Å². The zero-order valence-electron chi connectivity index (χ0n) is 15.1. The fraction of sp³-hybridized carbons (Fsp3) is 0.333. The largest absolute Gasteiger partial charge is 0.449 e. The van der Waals surface area contributed by atoms with E-state index in [0.717, 1.165) is 0 Å². The summed E-state index contributed by atoms with van der Waals surface area (Å²) in [5.41, 5.74) is 0.854. The SMILES string of the molecule is CC(=O)Nc1ccc(C(=O)O[C@@H](C)C(=O)Nc2ccnn2C(C)C)cc1. The van der Waals surface area contributed by atoms with Gasteiger partial charge in [-0.15, -0.1) is 0 Å². The molecule has 0 unspecified atom stereocenters. The number of benzene rings is 1. The molecule has 0 fully saturated rings. The van der Waals surface area contributed by atoms with Crippen LogP contribution >= 0.6 is 0 Å². The number of ether oxygens (including phenoxy) is 1. The second kappa shape index (κ2) is 8.28. The summed E-state index contributed by atoms with van der Waals surface area (Å²) in [6.07, 6.45) is 0.608. The van der Waals surface area contributed by atoms with Crippen molar-refractivity contribution in [3.8, 4) is 0 Å². The summed E-state index contributed by atoms with van der Waals surface area (Å²) in [6, 6.07) is 7.97. The van der Waals surface area contributed by atoms with Crippen LogP contribution in [0.15, 0.2) is 36.5 Å². The Kier molecular flexibility index (Phi) is 6.11. The number of nitrogens with zero attached hydrogens (tertiary/aromatic N) is 2. The first-order valence-corrected chi connectivity index (χ1v) is 8.21. The fourth-order valence-electron chi connectivity index (χ4n) is 2.23. The molecule has 1 heterocycles. The predicted molar refractivity (Wildman–Crippen MR) is 96.9 cm³/mol. The summed E-state index contributed by atoms with van der Waals surface area (Å²) in [6.45, 7) is 6.77. The summed E-state index contributed by atoms with van der Waals surface area (Å²) in [7, 11) is 0. The van der Waals surface area contributed by atoms with Crippen LogP contribution in [0.3, 0.4) is 0 Å². The second-order valence-electron chi connectivity index (χ2n) is 6.05. The summed E-state index contributed by atoms with van der Waals surface area (Å²) in [4.78, 5) is 35.4. The first-order valence-electron chi connectivity index (χ1n) is 8.21. The van der Waals surface area contributed by atoms with Gasteiger partial charge in [-0.3, -0.25) is 9.59 Å². The molecule has 0 saturated carbocycles. The molecule has 0 saturated heterocycles. The molecular weight excluding hydrogens is 336 g/mol. The lowest BCUT2D eigenvalue weighted by Gasteiger charge is -2.16. The van der Waals surface area contributed by atoms with Crippen LogP contribution in [-0.2, 0) is 14.3 Å². The van der Waals surface area contributed by atoms with Crippen molar-refractivity contribution in [1.29, 1.82) is 0 Å². The number of hydrogen-bond acceptors (Lipinski definition) is 5. The van der Waals surface area contributed by atoms with Crippen molar-refractivity contribution >= 4 is 29.3 Å². The van der Waals surface area contributed by atoms with Gasteiger partial charge in [0.25, 0.3) is 5.91 Å². The minimum absolute atomic E-state index is 0.0836. The van der Waals surface area contributed by atoms with Crippen LogP contribution in [0.5, 0.6) is 0 Å². The van der Waals surface area contributed by atoms with Gasteiger partial charge in [-0.1, -0.05) is 0 Å². The fourth-order valence-corrected chi connectivity index (χ4v) is 2.23. The molecule has 26 heavy (non-hydrogen) atoms. The topological polar surface area (TPSA) is 102 Å². The van der Waals surface area contributed by atoms with E-state index in [0.29, 0.717) is 11.5 Å². The van der Waals surface area contributed by atoms with Crippen molar-refractivity contribution in [3.05, 3.63) is 42.1 Å². The van der Waals surface area contributed by atoms with Crippen molar-refractivity contribution in [1.82, 2.24) is 9.78 Å². The molecule has 0 radical (unpaired) electrons. The number of esters is 1. The van der Waals surface area contributed by atoms with Gasteiger partial charge >= 0.3 is 5.97 Å². The van der Waals surface area contributed by atoms with Crippen LogP contribution in [0.1, 0.15) is 44.1 Å². The number of hydrogen-bond donors (Lipinski definition) is 2. The number of rotatable bonds is 6. The lowest BCUT2D eigenvalue weighted by atomic mass is 10.2. The molecule has 8 heteroatoms. The number of nitrogens with one attached hydrogen (secondary N) is 2. The van der Waals surface area contributed by atoms with Gasteiger partial charge in [0.2, 0.25) is 5.91 Å². The van der Waals surface area contributed by atoms with Gasteiger partial charge in [0.15, 0.2) is 6.10 Å². The Hall–Kier alpha value is -3.16. The molecule has 8 nitrogen and oxygen atoms in total. The van der Waals surface area contributed by atoms with E-state index in [1.54, 1.807) is 29.1 Å². The van der Waals surface area contributed by atoms with Crippen molar-refractivity contribution in [3.63, 3.8) is 0 Å². The molecule has 2 amide bonds. The lowest BCUT2D eigenvalue weighted by Crippen LogP contribution is -2.31. The Morgan fingerprint density at radius 3 is 2.27 bits per heavy atom. The Labute approximate surface area is 151 Å². The average Bonchev–Trinajstić information content (AvgIpc) is 3.03. The van der Waals surface area contributed by atoms with Crippen LogP contribution in [0.25, 0.3) is 0 Å². The monoisotopic (exact) mass is 358 g/mol. The summed E-state index contributed by atoms with van der Waals surface area (Å²) in [5, 5.41) is 9.43. The molecule has 1 aromatic carbocycles. The van der Waals surface area contributed by atoms with Gasteiger partial charge in [0.1, 0.15) is 5.82 Å². The highest BCUT2D eigenvalue weighted by molar-refractivity contribution is 5.97. The molecule has 0 aliphatic carbocycles. The van der Waals surface area contributed by atoms with Crippen molar-refractivity contribution in [2.24, 2.45) is 0 Å². The summed E-state index contributed by atoms with van der Waals surface area (Å²) < 4.78 is 6.86. The first-order chi connectivity index (χ1) is 12.3. The van der Waals surface area contributed by atoms with E-state index in [-0.39, 0.29) is 17.5 Å². The Morgan fingerprint density at radius 2 is 1.69 bits per heavy atom. The molecule has 138 valence electrons. The molecule has 0 spiro atoms. The van der Waals surface area contributed by atoms with Gasteiger partial charge in [-0.25, -0.2) is 9.48 Å². The minimum Gasteiger partial charge on any atom is -0.449 e. The molecule has 0 bridgehead atoms. The van der Waals surface area contributed by atoms with E-state index in [1.165, 1.54) is 26.0 Å². The van der Waals surface area contributed by atoms with Crippen LogP contribution in [-0.4, -0.2) is 33.7 Å². The summed E-state index contributed by atoms with van der Waals surface area (Å²) >= 11 is 0. The third-order valence-electron chi connectivity index (χ3n) is 3.50. The third-order valence-corrected chi connectivity index (χ3v) is 3.50. The zero-order valence-corrected chi connectivity index (χ0v) is 15.1. The number of aromatic nitrogens is 2. The van der Waals surface area contributed by atoms with Crippen LogP contribution in [0, 0.1) is 0 Å². The van der Waals surface area contributed by atoms with Gasteiger partial charge < -0.3 is 15.4 Å². The number of amides is 2. The van der Waals surface area contributed by atoms with E-state index in [9.17, 15) is 14.4 Å². The molecule has 0 aliphatic heterocycles. The Balaban J connectivity index is 1.96. The molecule has 2 aromatic rings. The quantitative estimate of drug-likeness (QED) is 0.773. The van der Waals surface area contributed by atoms with Crippen molar-refractivity contribution in [2.45, 2.75) is 39.8 Å². The normalized spacial score (nSPS) is 11.7. The van der Waals surface area contributed by atoms with Gasteiger partial charge in [0, 0.05) is 24.7 Å². The lowest BCUT2D eigenvalue weighted by molar-refractivity contribution is -0.123. The third kappa shape index (κ3) is 4.92. The van der Waals surface area contributed by atoms with E-state index >= 15 is 0 Å². The molecule has 2 rings (SSSR count). The average molecular weight is 358 g/mol. The highest BCUT2D eigenvalue weighted by atomic mass is 16.5. The van der Waals surface area contributed by atoms with E-state index < -0.39 is 18.0 Å². The number of carbonyl (C=O) groups excluding carboxylic acids is 3. The van der Waals surface area contributed by atoms with Crippen molar-refractivity contribution in [2.75, 3.05) is 10.6 Å². The Morgan fingerprint density at radius 1 is 1.04 bits per heavy atom. The highest BCUT2D eigenvalue weighted by Crippen LogP contribution is 2.15. The maximum absolute atomic E-state index is 12.3. The molecule has 1 atom stereocenters. The highest BCUT2D eigenvalue weighted by Gasteiger charge is 2.20. The molecular formula is C18H22N4O4.